The molecule has 0 amide bonds. The molecular weight excluding hydrogens is 348 g/mol. The summed E-state index contributed by atoms with van der Waals surface area (Å²) in [5.74, 6) is -1.45. The molecular formula is C17H21F2N3O2S. The maximum atomic E-state index is 13.3. The third kappa shape index (κ3) is 3.90. The fraction of sp³-hybridized carbons (Fsp3) is 0.471. The Morgan fingerprint density at radius 2 is 1.68 bits per heavy atom. The van der Waals surface area contributed by atoms with Crippen molar-refractivity contribution in [2.24, 2.45) is 5.92 Å². The molecule has 1 aromatic carbocycles. The molecule has 0 atom stereocenters. The first kappa shape index (κ1) is 18.0. The quantitative estimate of drug-likeness (QED) is 0.833. The van der Waals surface area contributed by atoms with E-state index >= 15 is 0 Å². The fourth-order valence-electron chi connectivity index (χ4n) is 3.26. The van der Waals surface area contributed by atoms with Crippen LogP contribution in [-0.2, 0) is 16.6 Å². The number of sulfonamides is 1. The van der Waals surface area contributed by atoms with Gasteiger partial charge < -0.3 is 0 Å². The lowest BCUT2D eigenvalue weighted by molar-refractivity contribution is 0.246. The molecule has 0 unspecified atom stereocenters. The Kier molecular flexibility index (Phi) is 4.92. The fourth-order valence-corrected chi connectivity index (χ4v) is 4.78. The molecule has 0 aliphatic carbocycles. The normalized spacial score (nSPS) is 17.1. The molecule has 1 aromatic heterocycles. The van der Waals surface area contributed by atoms with E-state index in [0.29, 0.717) is 37.9 Å². The third-order valence-corrected chi connectivity index (χ3v) is 6.46. The molecule has 136 valence electrons. The number of hydrogen-bond donors (Lipinski definition) is 0. The smallest absolute Gasteiger partial charge is 0.243 e. The highest BCUT2D eigenvalue weighted by molar-refractivity contribution is 7.89. The Hall–Kier alpha value is -1.80. The highest BCUT2D eigenvalue weighted by Gasteiger charge is 2.30. The predicted molar refractivity (Wildman–Crippen MR) is 89.5 cm³/mol. The number of piperidine rings is 1. The van der Waals surface area contributed by atoms with E-state index in [9.17, 15) is 17.2 Å². The summed E-state index contributed by atoms with van der Waals surface area (Å²) in [6.07, 6.45) is 1.38. The van der Waals surface area contributed by atoms with Crippen LogP contribution in [0, 0.1) is 31.4 Å². The number of rotatable bonds is 4. The van der Waals surface area contributed by atoms with Crippen molar-refractivity contribution in [3.05, 3.63) is 47.3 Å². The Morgan fingerprint density at radius 3 is 2.20 bits per heavy atom. The van der Waals surface area contributed by atoms with E-state index in [1.54, 1.807) is 0 Å². The van der Waals surface area contributed by atoms with Gasteiger partial charge in [-0.05, 0) is 50.8 Å². The average molecular weight is 369 g/mol. The van der Waals surface area contributed by atoms with Gasteiger partial charge in [0.05, 0.1) is 10.6 Å². The maximum absolute atomic E-state index is 13.3. The van der Waals surface area contributed by atoms with Gasteiger partial charge in [-0.25, -0.2) is 17.2 Å². The first-order chi connectivity index (χ1) is 11.8. The van der Waals surface area contributed by atoms with Crippen molar-refractivity contribution in [1.29, 1.82) is 0 Å². The number of aryl methyl sites for hydroxylation is 2. The summed E-state index contributed by atoms with van der Waals surface area (Å²) in [5.41, 5.74) is 2.05. The first-order valence-electron chi connectivity index (χ1n) is 8.23. The highest BCUT2D eigenvalue weighted by atomic mass is 32.2. The maximum Gasteiger partial charge on any atom is 0.243 e. The van der Waals surface area contributed by atoms with Crippen molar-refractivity contribution in [2.45, 2.75) is 38.1 Å². The number of halogens is 2. The zero-order chi connectivity index (χ0) is 18.2. The molecule has 1 fully saturated rings. The largest absolute Gasteiger partial charge is 0.269 e. The molecule has 0 radical (unpaired) electrons. The van der Waals surface area contributed by atoms with E-state index < -0.39 is 21.7 Å². The molecule has 3 rings (SSSR count). The minimum atomic E-state index is -3.88. The van der Waals surface area contributed by atoms with Crippen molar-refractivity contribution < 1.29 is 17.2 Å². The highest BCUT2D eigenvalue weighted by Crippen LogP contribution is 2.26. The van der Waals surface area contributed by atoms with Crippen molar-refractivity contribution in [3.8, 4) is 0 Å². The summed E-state index contributed by atoms with van der Waals surface area (Å²) < 4.78 is 55.1. The SMILES string of the molecule is Cc1cc(C)n(CC2CCN(S(=O)(=O)c3cc(F)cc(F)c3)CC2)n1. The number of hydrogen-bond acceptors (Lipinski definition) is 3. The summed E-state index contributed by atoms with van der Waals surface area (Å²) >= 11 is 0. The topological polar surface area (TPSA) is 55.2 Å². The van der Waals surface area contributed by atoms with Crippen molar-refractivity contribution >= 4 is 10.0 Å². The van der Waals surface area contributed by atoms with Crippen LogP contribution in [0.1, 0.15) is 24.2 Å². The summed E-state index contributed by atoms with van der Waals surface area (Å²) in [6, 6.07) is 4.40. The van der Waals surface area contributed by atoms with E-state index in [2.05, 4.69) is 5.10 Å². The van der Waals surface area contributed by atoms with Gasteiger partial charge in [0.25, 0.3) is 0 Å². The van der Waals surface area contributed by atoms with Gasteiger partial charge in [0.15, 0.2) is 0 Å². The van der Waals surface area contributed by atoms with Crippen LogP contribution in [0.3, 0.4) is 0 Å². The number of benzene rings is 1. The monoisotopic (exact) mass is 369 g/mol. The Morgan fingerprint density at radius 1 is 1.08 bits per heavy atom. The zero-order valence-corrected chi connectivity index (χ0v) is 15.1. The molecule has 2 aromatic rings. The van der Waals surface area contributed by atoms with Gasteiger partial charge in [-0.2, -0.15) is 9.40 Å². The van der Waals surface area contributed by atoms with Crippen molar-refractivity contribution in [3.63, 3.8) is 0 Å². The van der Waals surface area contributed by atoms with E-state index in [4.69, 9.17) is 0 Å². The summed E-state index contributed by atoms with van der Waals surface area (Å²) in [5, 5.41) is 4.44. The Balaban J connectivity index is 1.68. The Bertz CT molecular complexity index is 852. The Labute approximate surface area is 146 Å². The van der Waals surface area contributed by atoms with Crippen LogP contribution in [-0.4, -0.2) is 35.6 Å². The number of aromatic nitrogens is 2. The van der Waals surface area contributed by atoms with E-state index in [-0.39, 0.29) is 4.90 Å². The van der Waals surface area contributed by atoms with Crippen molar-refractivity contribution in [1.82, 2.24) is 14.1 Å². The van der Waals surface area contributed by atoms with Crippen LogP contribution in [0.2, 0.25) is 0 Å². The molecule has 25 heavy (non-hydrogen) atoms. The molecule has 1 saturated heterocycles. The summed E-state index contributed by atoms with van der Waals surface area (Å²) in [7, 11) is -3.88. The van der Waals surface area contributed by atoms with Crippen LogP contribution in [0.5, 0.6) is 0 Å². The van der Waals surface area contributed by atoms with E-state index in [0.717, 1.165) is 30.1 Å². The van der Waals surface area contributed by atoms with Crippen LogP contribution in [0.25, 0.3) is 0 Å². The minimum Gasteiger partial charge on any atom is -0.269 e. The zero-order valence-electron chi connectivity index (χ0n) is 14.2. The predicted octanol–water partition coefficient (Wildman–Crippen LogP) is 2.88. The lowest BCUT2D eigenvalue weighted by Gasteiger charge is -2.31. The third-order valence-electron chi connectivity index (χ3n) is 4.58. The van der Waals surface area contributed by atoms with Crippen LogP contribution in [0.4, 0.5) is 8.78 Å². The summed E-state index contributed by atoms with van der Waals surface area (Å²) in [4.78, 5) is -0.331. The second-order valence-corrected chi connectivity index (χ2v) is 8.50. The second-order valence-electron chi connectivity index (χ2n) is 6.56. The molecule has 8 heteroatoms. The standard InChI is InChI=1S/C17H21F2N3O2S/c1-12-7-13(2)22(20-12)11-14-3-5-21(6-4-14)25(23,24)17-9-15(18)8-16(19)10-17/h7-10,14H,3-6,11H2,1-2H3. The molecule has 0 spiro atoms. The van der Waals surface area contributed by atoms with E-state index in [1.165, 1.54) is 4.31 Å². The lowest BCUT2D eigenvalue weighted by atomic mass is 9.98. The molecule has 1 aliphatic heterocycles. The molecule has 1 aliphatic rings. The molecule has 0 N–H and O–H groups in total. The lowest BCUT2D eigenvalue weighted by Crippen LogP contribution is -2.39. The van der Waals surface area contributed by atoms with Crippen molar-refractivity contribution in [2.75, 3.05) is 13.1 Å². The first-order valence-corrected chi connectivity index (χ1v) is 9.67. The number of nitrogens with zero attached hydrogens (tertiary/aromatic N) is 3. The van der Waals surface area contributed by atoms with Gasteiger partial charge in [-0.15, -0.1) is 0 Å². The molecule has 5 nitrogen and oxygen atoms in total. The van der Waals surface area contributed by atoms with Gasteiger partial charge in [0.2, 0.25) is 10.0 Å². The summed E-state index contributed by atoms with van der Waals surface area (Å²) in [6.45, 7) is 5.37. The van der Waals surface area contributed by atoms with Gasteiger partial charge in [0.1, 0.15) is 11.6 Å². The van der Waals surface area contributed by atoms with Gasteiger partial charge in [-0.1, -0.05) is 0 Å². The van der Waals surface area contributed by atoms with Gasteiger partial charge in [-0.3, -0.25) is 4.68 Å². The van der Waals surface area contributed by atoms with Gasteiger partial charge >= 0.3 is 0 Å². The second kappa shape index (κ2) is 6.84. The van der Waals surface area contributed by atoms with E-state index in [1.807, 2.05) is 24.6 Å². The molecule has 0 saturated carbocycles. The molecule has 2 heterocycles. The average Bonchev–Trinajstić information content (AvgIpc) is 2.84. The molecule has 0 bridgehead atoms. The van der Waals surface area contributed by atoms with Crippen LogP contribution in [0.15, 0.2) is 29.2 Å². The van der Waals surface area contributed by atoms with Gasteiger partial charge in [0, 0.05) is 31.4 Å². The van der Waals surface area contributed by atoms with Crippen LogP contribution >= 0.6 is 0 Å². The van der Waals surface area contributed by atoms with Crippen LogP contribution < -0.4 is 0 Å². The minimum absolute atomic E-state index is 0.327.